The summed E-state index contributed by atoms with van der Waals surface area (Å²) in [4.78, 5) is 13.0. The molecule has 0 saturated carbocycles. The summed E-state index contributed by atoms with van der Waals surface area (Å²) in [5.74, 6) is 0.0377. The van der Waals surface area contributed by atoms with Gasteiger partial charge in [-0.3, -0.25) is 4.79 Å². The fourth-order valence-electron chi connectivity index (χ4n) is 1.84. The molecule has 2 aromatic rings. The molecule has 0 amide bonds. The van der Waals surface area contributed by atoms with Gasteiger partial charge in [0.15, 0.2) is 5.78 Å². The van der Waals surface area contributed by atoms with Crippen LogP contribution in [0.1, 0.15) is 35.0 Å². The van der Waals surface area contributed by atoms with Gasteiger partial charge in [0.05, 0.1) is 10.4 Å². The maximum absolute atomic E-state index is 12.7. The number of benzene rings is 1. The van der Waals surface area contributed by atoms with Gasteiger partial charge in [0.1, 0.15) is 0 Å². The molecule has 0 unspecified atom stereocenters. The van der Waals surface area contributed by atoms with Crippen molar-refractivity contribution < 1.29 is 18.0 Å². The van der Waals surface area contributed by atoms with E-state index in [9.17, 15) is 18.0 Å². The molecule has 0 atom stereocenters. The van der Waals surface area contributed by atoms with E-state index < -0.39 is 11.7 Å². The maximum atomic E-state index is 12.7. The Balaban J connectivity index is 2.31. The standard InChI is InChI=1S/C15H13F3OS/c1-2-4-12(19)14-8-7-13(20-14)10-5-3-6-11(9-10)15(16,17)18/h3,5-9H,2,4H2,1H3. The summed E-state index contributed by atoms with van der Waals surface area (Å²) >= 11 is 1.24. The van der Waals surface area contributed by atoms with Crippen molar-refractivity contribution in [3.8, 4) is 10.4 Å². The van der Waals surface area contributed by atoms with Gasteiger partial charge in [-0.2, -0.15) is 13.2 Å². The lowest BCUT2D eigenvalue weighted by Gasteiger charge is -2.07. The number of Topliss-reactive ketones (excluding diaryl/α,β-unsaturated/α-hetero) is 1. The molecule has 0 saturated heterocycles. The molecule has 0 bridgehead atoms. The molecule has 0 radical (unpaired) electrons. The lowest BCUT2D eigenvalue weighted by molar-refractivity contribution is -0.137. The molecule has 0 aliphatic heterocycles. The highest BCUT2D eigenvalue weighted by Gasteiger charge is 2.30. The third-order valence-corrected chi connectivity index (χ3v) is 4.01. The van der Waals surface area contributed by atoms with Crippen LogP contribution in [-0.2, 0) is 6.18 Å². The molecular weight excluding hydrogens is 285 g/mol. The lowest BCUT2D eigenvalue weighted by Crippen LogP contribution is -2.04. The quantitative estimate of drug-likeness (QED) is 0.689. The molecule has 0 spiro atoms. The van der Waals surface area contributed by atoms with Gasteiger partial charge in [-0.15, -0.1) is 11.3 Å². The molecule has 0 aliphatic rings. The van der Waals surface area contributed by atoms with Gasteiger partial charge in [-0.1, -0.05) is 19.1 Å². The van der Waals surface area contributed by atoms with Crippen LogP contribution in [0.5, 0.6) is 0 Å². The highest BCUT2D eigenvalue weighted by molar-refractivity contribution is 7.17. The van der Waals surface area contributed by atoms with Crippen molar-refractivity contribution >= 4 is 17.1 Å². The van der Waals surface area contributed by atoms with Gasteiger partial charge in [-0.05, 0) is 36.2 Å². The van der Waals surface area contributed by atoms with Gasteiger partial charge < -0.3 is 0 Å². The summed E-state index contributed by atoms with van der Waals surface area (Å²) in [7, 11) is 0. The van der Waals surface area contributed by atoms with Gasteiger partial charge in [0, 0.05) is 11.3 Å². The average molecular weight is 298 g/mol. The van der Waals surface area contributed by atoms with Crippen molar-refractivity contribution in [1.82, 2.24) is 0 Å². The molecule has 1 heterocycles. The summed E-state index contributed by atoms with van der Waals surface area (Å²) in [6.07, 6.45) is -3.13. The molecule has 1 nitrogen and oxygen atoms in total. The zero-order valence-corrected chi connectivity index (χ0v) is 11.6. The summed E-state index contributed by atoms with van der Waals surface area (Å²) in [5, 5.41) is 0. The first-order valence-electron chi connectivity index (χ1n) is 6.22. The Kier molecular flexibility index (Phi) is 4.28. The van der Waals surface area contributed by atoms with E-state index in [1.807, 2.05) is 6.92 Å². The minimum atomic E-state index is -4.35. The predicted octanol–water partition coefficient (Wildman–Crippen LogP) is 5.42. The Hall–Kier alpha value is -1.62. The number of carbonyl (C=O) groups excluding carboxylic acids is 1. The van der Waals surface area contributed by atoms with Crippen LogP contribution in [0.4, 0.5) is 13.2 Å². The zero-order valence-electron chi connectivity index (χ0n) is 10.8. The monoisotopic (exact) mass is 298 g/mol. The summed E-state index contributed by atoms with van der Waals surface area (Å²) in [6.45, 7) is 1.92. The first kappa shape index (κ1) is 14.8. The van der Waals surface area contributed by atoms with E-state index >= 15 is 0 Å². The van der Waals surface area contributed by atoms with Crippen molar-refractivity contribution in [2.75, 3.05) is 0 Å². The topological polar surface area (TPSA) is 17.1 Å². The second-order valence-electron chi connectivity index (χ2n) is 4.42. The van der Waals surface area contributed by atoms with E-state index in [4.69, 9.17) is 0 Å². The van der Waals surface area contributed by atoms with Gasteiger partial charge in [-0.25, -0.2) is 0 Å². The van der Waals surface area contributed by atoms with Gasteiger partial charge in [0.2, 0.25) is 0 Å². The first-order valence-corrected chi connectivity index (χ1v) is 7.04. The smallest absolute Gasteiger partial charge is 0.293 e. The average Bonchev–Trinajstić information content (AvgIpc) is 2.88. The number of alkyl halides is 3. The third-order valence-electron chi connectivity index (χ3n) is 2.83. The summed E-state index contributed by atoms with van der Waals surface area (Å²) in [5.41, 5.74) is -0.190. The summed E-state index contributed by atoms with van der Waals surface area (Å²) in [6, 6.07) is 8.53. The lowest BCUT2D eigenvalue weighted by atomic mass is 10.1. The van der Waals surface area contributed by atoms with Crippen LogP contribution in [0.25, 0.3) is 10.4 Å². The van der Waals surface area contributed by atoms with Gasteiger partial charge in [0.25, 0.3) is 0 Å². The number of carbonyl (C=O) groups is 1. The van der Waals surface area contributed by atoms with E-state index in [1.54, 1.807) is 18.2 Å². The van der Waals surface area contributed by atoms with Crippen molar-refractivity contribution in [2.24, 2.45) is 0 Å². The highest BCUT2D eigenvalue weighted by Crippen LogP contribution is 2.34. The highest BCUT2D eigenvalue weighted by atomic mass is 32.1. The first-order chi connectivity index (χ1) is 9.41. The Morgan fingerprint density at radius 3 is 2.60 bits per heavy atom. The van der Waals surface area contributed by atoms with E-state index in [1.165, 1.54) is 17.4 Å². The molecule has 0 fully saturated rings. The van der Waals surface area contributed by atoms with Crippen molar-refractivity contribution in [2.45, 2.75) is 25.9 Å². The number of thiophene rings is 1. The minimum absolute atomic E-state index is 0.0377. The van der Waals surface area contributed by atoms with Crippen LogP contribution in [0.2, 0.25) is 0 Å². The molecular formula is C15H13F3OS. The van der Waals surface area contributed by atoms with Crippen molar-refractivity contribution in [3.05, 3.63) is 46.8 Å². The molecule has 106 valence electrons. The molecule has 1 aromatic heterocycles. The largest absolute Gasteiger partial charge is 0.416 e. The van der Waals surface area contributed by atoms with E-state index in [0.717, 1.165) is 18.6 Å². The number of halogens is 3. The van der Waals surface area contributed by atoms with Crippen LogP contribution >= 0.6 is 11.3 Å². The van der Waals surface area contributed by atoms with Gasteiger partial charge >= 0.3 is 6.18 Å². The minimum Gasteiger partial charge on any atom is -0.293 e. The third kappa shape index (κ3) is 3.28. The van der Waals surface area contributed by atoms with Crippen molar-refractivity contribution in [3.63, 3.8) is 0 Å². The predicted molar refractivity (Wildman–Crippen MR) is 74.0 cm³/mol. The second kappa shape index (κ2) is 5.79. The molecule has 2 rings (SSSR count). The fraction of sp³-hybridized carbons (Fsp3) is 0.267. The van der Waals surface area contributed by atoms with Crippen molar-refractivity contribution in [1.29, 1.82) is 0 Å². The molecule has 20 heavy (non-hydrogen) atoms. The Labute approximate surface area is 119 Å². The molecule has 1 aromatic carbocycles. The SMILES string of the molecule is CCCC(=O)c1ccc(-c2cccc(C(F)(F)F)c2)s1. The number of hydrogen-bond donors (Lipinski definition) is 0. The van der Waals surface area contributed by atoms with E-state index in [-0.39, 0.29) is 5.78 Å². The normalized spacial score (nSPS) is 11.6. The van der Waals surface area contributed by atoms with Crippen LogP contribution < -0.4 is 0 Å². The van der Waals surface area contributed by atoms with Crippen LogP contribution in [-0.4, -0.2) is 5.78 Å². The Morgan fingerprint density at radius 2 is 1.95 bits per heavy atom. The number of hydrogen-bond acceptors (Lipinski definition) is 2. The van der Waals surface area contributed by atoms with E-state index in [2.05, 4.69) is 0 Å². The number of ketones is 1. The fourth-order valence-corrected chi connectivity index (χ4v) is 2.81. The second-order valence-corrected chi connectivity index (χ2v) is 5.50. The summed E-state index contributed by atoms with van der Waals surface area (Å²) < 4.78 is 38.0. The maximum Gasteiger partial charge on any atom is 0.416 e. The molecule has 5 heteroatoms. The molecule has 0 N–H and O–H groups in total. The molecule has 0 aliphatic carbocycles. The number of rotatable bonds is 4. The Bertz CT molecular complexity index is 614. The Morgan fingerprint density at radius 1 is 1.20 bits per heavy atom. The van der Waals surface area contributed by atoms with E-state index in [0.29, 0.717) is 21.7 Å². The van der Waals surface area contributed by atoms with Crippen LogP contribution in [0.3, 0.4) is 0 Å². The zero-order chi connectivity index (χ0) is 14.8. The van der Waals surface area contributed by atoms with Crippen LogP contribution in [0.15, 0.2) is 36.4 Å². The van der Waals surface area contributed by atoms with Crippen LogP contribution in [0, 0.1) is 0 Å².